The van der Waals surface area contributed by atoms with Crippen LogP contribution in [0.2, 0.25) is 0 Å². The molecular weight excluding hydrogens is 264 g/mol. The van der Waals surface area contributed by atoms with Crippen molar-refractivity contribution in [3.8, 4) is 0 Å². The molecular formula is C17H16N2S. The molecule has 2 heterocycles. The van der Waals surface area contributed by atoms with E-state index in [0.29, 0.717) is 6.04 Å². The standard InChI is InChI=1S/C17H16N2S/c1-11-5-4-6-12-9-10-14(18-16(11)12)17-19-13-7-2-3-8-15(13)20-17/h2-8,14,18H,9-10H2,1H3. The second-order valence-corrected chi connectivity index (χ2v) is 6.43. The van der Waals surface area contributed by atoms with E-state index in [1.165, 1.54) is 26.5 Å². The lowest BCUT2D eigenvalue weighted by molar-refractivity contribution is 0.663. The number of aromatic nitrogens is 1. The van der Waals surface area contributed by atoms with Gasteiger partial charge in [-0.05, 0) is 43.0 Å². The Morgan fingerprint density at radius 1 is 1.15 bits per heavy atom. The predicted octanol–water partition coefficient (Wildman–Crippen LogP) is 4.70. The Bertz CT molecular complexity index is 743. The van der Waals surface area contributed by atoms with Gasteiger partial charge < -0.3 is 5.32 Å². The first-order valence-corrected chi connectivity index (χ1v) is 7.83. The monoisotopic (exact) mass is 280 g/mol. The van der Waals surface area contributed by atoms with Crippen LogP contribution in [-0.2, 0) is 6.42 Å². The fraction of sp³-hybridized carbons (Fsp3) is 0.235. The van der Waals surface area contributed by atoms with Gasteiger partial charge in [-0.15, -0.1) is 11.3 Å². The zero-order chi connectivity index (χ0) is 13.5. The van der Waals surface area contributed by atoms with E-state index in [9.17, 15) is 0 Å². The van der Waals surface area contributed by atoms with Crippen LogP contribution in [0, 0.1) is 6.92 Å². The van der Waals surface area contributed by atoms with E-state index >= 15 is 0 Å². The summed E-state index contributed by atoms with van der Waals surface area (Å²) in [4.78, 5) is 4.79. The van der Waals surface area contributed by atoms with Crippen molar-refractivity contribution in [1.29, 1.82) is 0 Å². The average Bonchev–Trinajstić information content (AvgIpc) is 2.91. The van der Waals surface area contributed by atoms with Crippen LogP contribution in [0.5, 0.6) is 0 Å². The number of aryl methyl sites for hydroxylation is 2. The Hall–Kier alpha value is -1.87. The maximum absolute atomic E-state index is 4.79. The number of fused-ring (bicyclic) bond motifs is 2. The smallest absolute Gasteiger partial charge is 0.116 e. The van der Waals surface area contributed by atoms with Crippen LogP contribution in [0.25, 0.3) is 10.2 Å². The van der Waals surface area contributed by atoms with E-state index in [2.05, 4.69) is 54.7 Å². The molecule has 3 aromatic rings. The van der Waals surface area contributed by atoms with Gasteiger partial charge >= 0.3 is 0 Å². The van der Waals surface area contributed by atoms with E-state index in [1.54, 1.807) is 0 Å². The lowest BCUT2D eigenvalue weighted by Gasteiger charge is -2.27. The third-order valence-corrected chi connectivity index (χ3v) is 5.14. The fourth-order valence-corrected chi connectivity index (χ4v) is 3.97. The summed E-state index contributed by atoms with van der Waals surface area (Å²) in [6, 6.07) is 15.3. The maximum atomic E-state index is 4.79. The summed E-state index contributed by atoms with van der Waals surface area (Å²) in [5.41, 5.74) is 5.18. The van der Waals surface area contributed by atoms with Gasteiger partial charge in [0.1, 0.15) is 5.01 Å². The van der Waals surface area contributed by atoms with Crippen molar-refractivity contribution in [1.82, 2.24) is 4.98 Å². The molecule has 0 saturated heterocycles. The summed E-state index contributed by atoms with van der Waals surface area (Å²) in [5, 5.41) is 4.90. The van der Waals surface area contributed by atoms with Crippen molar-refractivity contribution in [2.24, 2.45) is 0 Å². The number of hydrogen-bond acceptors (Lipinski definition) is 3. The van der Waals surface area contributed by atoms with Crippen molar-refractivity contribution in [2.45, 2.75) is 25.8 Å². The number of nitrogens with one attached hydrogen (secondary N) is 1. The average molecular weight is 280 g/mol. The van der Waals surface area contributed by atoms with E-state index in [1.807, 2.05) is 11.3 Å². The van der Waals surface area contributed by atoms with Gasteiger partial charge in [0.05, 0.1) is 16.3 Å². The SMILES string of the molecule is Cc1cccc2c1NC(c1nc3ccccc3s1)CC2. The van der Waals surface area contributed by atoms with Crippen LogP contribution in [0.3, 0.4) is 0 Å². The molecule has 1 unspecified atom stereocenters. The summed E-state index contributed by atoms with van der Waals surface area (Å²) in [6.45, 7) is 2.17. The molecule has 1 aliphatic heterocycles. The second kappa shape index (κ2) is 4.60. The maximum Gasteiger partial charge on any atom is 0.116 e. The van der Waals surface area contributed by atoms with E-state index in [0.717, 1.165) is 18.4 Å². The van der Waals surface area contributed by atoms with Crippen LogP contribution in [-0.4, -0.2) is 4.98 Å². The molecule has 0 amide bonds. The first-order chi connectivity index (χ1) is 9.81. The Morgan fingerprint density at radius 3 is 2.95 bits per heavy atom. The summed E-state index contributed by atoms with van der Waals surface area (Å²) in [6.07, 6.45) is 2.25. The highest BCUT2D eigenvalue weighted by Crippen LogP contribution is 2.37. The number of para-hydroxylation sites is 2. The summed E-state index contributed by atoms with van der Waals surface area (Å²) < 4.78 is 1.28. The van der Waals surface area contributed by atoms with E-state index < -0.39 is 0 Å². The molecule has 1 N–H and O–H groups in total. The zero-order valence-corrected chi connectivity index (χ0v) is 12.2. The number of benzene rings is 2. The zero-order valence-electron chi connectivity index (χ0n) is 11.4. The minimum absolute atomic E-state index is 0.348. The highest BCUT2D eigenvalue weighted by Gasteiger charge is 2.22. The lowest BCUT2D eigenvalue weighted by atomic mass is 9.96. The molecule has 100 valence electrons. The molecule has 0 fully saturated rings. The molecule has 0 radical (unpaired) electrons. The van der Waals surface area contributed by atoms with Crippen LogP contribution < -0.4 is 5.32 Å². The number of hydrogen-bond donors (Lipinski definition) is 1. The van der Waals surface area contributed by atoms with Crippen molar-refractivity contribution in [2.75, 3.05) is 5.32 Å². The van der Waals surface area contributed by atoms with Gasteiger partial charge in [0, 0.05) is 5.69 Å². The van der Waals surface area contributed by atoms with Crippen LogP contribution in [0.15, 0.2) is 42.5 Å². The molecule has 4 rings (SSSR count). The van der Waals surface area contributed by atoms with Crippen LogP contribution >= 0.6 is 11.3 Å². The van der Waals surface area contributed by atoms with Crippen LogP contribution in [0.4, 0.5) is 5.69 Å². The molecule has 0 aliphatic carbocycles. The number of nitrogens with zero attached hydrogens (tertiary/aromatic N) is 1. The predicted molar refractivity (Wildman–Crippen MR) is 85.5 cm³/mol. The minimum atomic E-state index is 0.348. The Balaban J connectivity index is 1.72. The molecule has 2 aromatic carbocycles. The second-order valence-electron chi connectivity index (χ2n) is 5.36. The van der Waals surface area contributed by atoms with E-state index in [-0.39, 0.29) is 0 Å². The molecule has 1 aromatic heterocycles. The number of anilines is 1. The first kappa shape index (κ1) is 11.9. The number of rotatable bonds is 1. The minimum Gasteiger partial charge on any atom is -0.375 e. The van der Waals surface area contributed by atoms with Gasteiger partial charge in [0.25, 0.3) is 0 Å². The van der Waals surface area contributed by atoms with Crippen molar-refractivity contribution in [3.05, 3.63) is 58.6 Å². The molecule has 1 atom stereocenters. The normalized spacial score (nSPS) is 17.8. The van der Waals surface area contributed by atoms with E-state index in [4.69, 9.17) is 4.98 Å². The number of thiazole rings is 1. The molecule has 0 bridgehead atoms. The van der Waals surface area contributed by atoms with Crippen molar-refractivity contribution < 1.29 is 0 Å². The molecule has 20 heavy (non-hydrogen) atoms. The quantitative estimate of drug-likeness (QED) is 0.698. The largest absolute Gasteiger partial charge is 0.375 e. The summed E-state index contributed by atoms with van der Waals surface area (Å²) in [5.74, 6) is 0. The third kappa shape index (κ3) is 1.90. The van der Waals surface area contributed by atoms with Crippen molar-refractivity contribution >= 4 is 27.2 Å². The molecule has 1 aliphatic rings. The van der Waals surface area contributed by atoms with Gasteiger partial charge in [-0.25, -0.2) is 4.98 Å². The summed E-state index contributed by atoms with van der Waals surface area (Å²) >= 11 is 1.81. The summed E-state index contributed by atoms with van der Waals surface area (Å²) in [7, 11) is 0. The highest BCUT2D eigenvalue weighted by atomic mass is 32.1. The van der Waals surface area contributed by atoms with Gasteiger partial charge in [0.15, 0.2) is 0 Å². The lowest BCUT2D eigenvalue weighted by Crippen LogP contribution is -2.18. The van der Waals surface area contributed by atoms with Crippen molar-refractivity contribution in [3.63, 3.8) is 0 Å². The Labute approximate surface area is 122 Å². The molecule has 0 saturated carbocycles. The van der Waals surface area contributed by atoms with Gasteiger partial charge in [-0.3, -0.25) is 0 Å². The fourth-order valence-electron chi connectivity index (χ4n) is 2.91. The molecule has 3 heteroatoms. The van der Waals surface area contributed by atoms with Gasteiger partial charge in [0.2, 0.25) is 0 Å². The molecule has 2 nitrogen and oxygen atoms in total. The Kier molecular flexibility index (Phi) is 2.74. The first-order valence-electron chi connectivity index (χ1n) is 7.02. The third-order valence-electron chi connectivity index (χ3n) is 3.99. The highest BCUT2D eigenvalue weighted by molar-refractivity contribution is 7.18. The Morgan fingerprint density at radius 2 is 2.05 bits per heavy atom. The van der Waals surface area contributed by atoms with Gasteiger partial charge in [-0.2, -0.15) is 0 Å². The van der Waals surface area contributed by atoms with Gasteiger partial charge in [-0.1, -0.05) is 30.3 Å². The topological polar surface area (TPSA) is 24.9 Å². The van der Waals surface area contributed by atoms with Crippen LogP contribution in [0.1, 0.15) is 28.6 Å². The molecule has 0 spiro atoms.